The van der Waals surface area contributed by atoms with Crippen LogP contribution in [0.25, 0.3) is 10.7 Å². The van der Waals surface area contributed by atoms with Gasteiger partial charge in [0.05, 0.1) is 16.1 Å². The summed E-state index contributed by atoms with van der Waals surface area (Å²) in [5, 5.41) is 1.99. The van der Waals surface area contributed by atoms with Crippen molar-refractivity contribution in [3.8, 4) is 16.5 Å². The third kappa shape index (κ3) is 4.02. The highest BCUT2D eigenvalue weighted by Crippen LogP contribution is 2.23. The molecule has 0 saturated heterocycles. The number of nitrogens with zero attached hydrogens (tertiary/aromatic N) is 2. The van der Waals surface area contributed by atoms with Crippen LogP contribution in [0.15, 0.2) is 59.2 Å². The molecule has 0 spiro atoms. The number of benzene rings is 1. The zero-order valence-electron chi connectivity index (χ0n) is 15.0. The Balaban J connectivity index is 1.47. The van der Waals surface area contributed by atoms with Crippen molar-refractivity contribution in [2.45, 2.75) is 19.5 Å². The molecular weight excluding hydrogens is 358 g/mol. The van der Waals surface area contributed by atoms with Gasteiger partial charge in [-0.1, -0.05) is 30.9 Å². The average molecular weight is 379 g/mol. The largest absolute Gasteiger partial charge is 0.490 e. The van der Waals surface area contributed by atoms with Crippen molar-refractivity contribution < 1.29 is 4.74 Å². The first-order valence-electron chi connectivity index (χ1n) is 8.94. The molecule has 3 aromatic rings. The molecule has 1 N–H and O–H groups in total. The third-order valence-corrected chi connectivity index (χ3v) is 5.48. The summed E-state index contributed by atoms with van der Waals surface area (Å²) in [5.41, 5.74) is 2.88. The molecule has 27 heavy (non-hydrogen) atoms. The predicted molar refractivity (Wildman–Crippen MR) is 108 cm³/mol. The topological polar surface area (TPSA) is 58.2 Å². The molecule has 0 radical (unpaired) electrons. The molecule has 0 atom stereocenters. The predicted octanol–water partition coefficient (Wildman–Crippen LogP) is 3.62. The van der Waals surface area contributed by atoms with E-state index in [-0.39, 0.29) is 5.56 Å². The fourth-order valence-electron chi connectivity index (χ4n) is 3.25. The number of H-pyrrole nitrogens is 1. The number of aromatic nitrogens is 2. The van der Waals surface area contributed by atoms with E-state index in [9.17, 15) is 4.79 Å². The third-order valence-electron chi connectivity index (χ3n) is 4.60. The zero-order chi connectivity index (χ0) is 18.6. The van der Waals surface area contributed by atoms with Crippen LogP contribution in [0, 0.1) is 0 Å². The fraction of sp³-hybridized carbons (Fsp3) is 0.238. The van der Waals surface area contributed by atoms with Crippen molar-refractivity contribution in [2.24, 2.45) is 0 Å². The van der Waals surface area contributed by atoms with Crippen molar-refractivity contribution in [1.82, 2.24) is 14.9 Å². The van der Waals surface area contributed by atoms with Gasteiger partial charge in [0.1, 0.15) is 12.4 Å². The highest BCUT2D eigenvalue weighted by molar-refractivity contribution is 7.13. The number of aromatic amines is 1. The van der Waals surface area contributed by atoms with Gasteiger partial charge < -0.3 is 9.72 Å². The molecule has 0 saturated carbocycles. The Hall–Kier alpha value is -2.70. The summed E-state index contributed by atoms with van der Waals surface area (Å²) in [6.07, 6.45) is 2.52. The SMILES string of the molecule is C=CCOc1ccc(CN2CCc3nc(-c4cccs4)[nH]c(=O)c3C2)cc1. The van der Waals surface area contributed by atoms with Crippen LogP contribution in [-0.2, 0) is 19.5 Å². The van der Waals surface area contributed by atoms with E-state index in [1.807, 2.05) is 29.6 Å². The Morgan fingerprint density at radius 1 is 1.30 bits per heavy atom. The van der Waals surface area contributed by atoms with Crippen LogP contribution in [0.1, 0.15) is 16.8 Å². The van der Waals surface area contributed by atoms with Crippen molar-refractivity contribution in [2.75, 3.05) is 13.2 Å². The number of nitrogens with one attached hydrogen (secondary N) is 1. The molecule has 0 amide bonds. The molecule has 3 heterocycles. The number of hydrogen-bond donors (Lipinski definition) is 1. The number of fused-ring (bicyclic) bond motifs is 1. The first-order chi connectivity index (χ1) is 13.2. The zero-order valence-corrected chi connectivity index (χ0v) is 15.8. The Labute approximate surface area is 162 Å². The van der Waals surface area contributed by atoms with Gasteiger partial charge in [0.25, 0.3) is 5.56 Å². The minimum atomic E-state index is -0.0266. The van der Waals surface area contributed by atoms with Crippen LogP contribution in [0.2, 0.25) is 0 Å². The number of rotatable bonds is 6. The quantitative estimate of drug-likeness (QED) is 0.665. The van der Waals surface area contributed by atoms with Gasteiger partial charge in [0.15, 0.2) is 5.82 Å². The van der Waals surface area contributed by atoms with E-state index in [0.29, 0.717) is 19.0 Å². The van der Waals surface area contributed by atoms with E-state index in [2.05, 4.69) is 28.6 Å². The molecule has 2 aromatic heterocycles. The summed E-state index contributed by atoms with van der Waals surface area (Å²) in [7, 11) is 0. The van der Waals surface area contributed by atoms with Crippen LogP contribution in [0.5, 0.6) is 5.75 Å². The number of thiophene rings is 1. The van der Waals surface area contributed by atoms with Crippen molar-refractivity contribution in [3.05, 3.63) is 81.6 Å². The highest BCUT2D eigenvalue weighted by Gasteiger charge is 2.21. The minimum absolute atomic E-state index is 0.0266. The average Bonchev–Trinajstić information content (AvgIpc) is 3.23. The Morgan fingerprint density at radius 3 is 2.89 bits per heavy atom. The van der Waals surface area contributed by atoms with Crippen molar-refractivity contribution in [3.63, 3.8) is 0 Å². The van der Waals surface area contributed by atoms with Gasteiger partial charge in [-0.15, -0.1) is 11.3 Å². The normalized spacial score (nSPS) is 13.9. The van der Waals surface area contributed by atoms with Gasteiger partial charge in [0, 0.05) is 26.1 Å². The second-order valence-electron chi connectivity index (χ2n) is 6.52. The Kier molecular flexibility index (Phi) is 5.18. The van der Waals surface area contributed by atoms with Crippen LogP contribution < -0.4 is 10.3 Å². The first-order valence-corrected chi connectivity index (χ1v) is 9.82. The molecular formula is C21H21N3O2S. The highest BCUT2D eigenvalue weighted by atomic mass is 32.1. The molecule has 4 rings (SSSR count). The lowest BCUT2D eigenvalue weighted by Crippen LogP contribution is -2.35. The second-order valence-corrected chi connectivity index (χ2v) is 7.47. The first kappa shape index (κ1) is 17.7. The van der Waals surface area contributed by atoms with Gasteiger partial charge in [-0.05, 0) is 29.1 Å². The lowest BCUT2D eigenvalue weighted by atomic mass is 10.1. The van der Waals surface area contributed by atoms with Crippen LogP contribution in [-0.4, -0.2) is 28.0 Å². The lowest BCUT2D eigenvalue weighted by molar-refractivity contribution is 0.241. The molecule has 0 fully saturated rings. The summed E-state index contributed by atoms with van der Waals surface area (Å²) in [6.45, 7) is 6.47. The summed E-state index contributed by atoms with van der Waals surface area (Å²) in [5.74, 6) is 1.52. The minimum Gasteiger partial charge on any atom is -0.490 e. The van der Waals surface area contributed by atoms with E-state index in [1.54, 1.807) is 17.4 Å². The molecule has 1 aliphatic heterocycles. The molecule has 0 unspecified atom stereocenters. The second kappa shape index (κ2) is 7.90. The van der Waals surface area contributed by atoms with Gasteiger partial charge in [-0.25, -0.2) is 4.98 Å². The van der Waals surface area contributed by atoms with E-state index in [1.165, 1.54) is 5.56 Å². The molecule has 1 aromatic carbocycles. The standard InChI is InChI=1S/C21H21N3O2S/c1-2-11-26-16-7-5-15(6-8-16)13-24-10-9-18-17(14-24)21(25)23-20(22-18)19-4-3-12-27-19/h2-8,12H,1,9-11,13-14H2,(H,22,23,25). The van der Waals surface area contributed by atoms with Crippen molar-refractivity contribution in [1.29, 1.82) is 0 Å². The Morgan fingerprint density at radius 2 is 2.15 bits per heavy atom. The van der Waals surface area contributed by atoms with E-state index in [0.717, 1.165) is 41.4 Å². The van der Waals surface area contributed by atoms with Crippen molar-refractivity contribution >= 4 is 11.3 Å². The molecule has 1 aliphatic rings. The molecule has 138 valence electrons. The monoisotopic (exact) mass is 379 g/mol. The van der Waals surface area contributed by atoms with E-state index in [4.69, 9.17) is 9.72 Å². The lowest BCUT2D eigenvalue weighted by Gasteiger charge is -2.27. The van der Waals surface area contributed by atoms with Crippen LogP contribution >= 0.6 is 11.3 Å². The fourth-order valence-corrected chi connectivity index (χ4v) is 3.92. The number of ether oxygens (including phenoxy) is 1. The van der Waals surface area contributed by atoms with Gasteiger partial charge in [0.2, 0.25) is 0 Å². The maximum Gasteiger partial charge on any atom is 0.255 e. The van der Waals surface area contributed by atoms with Gasteiger partial charge in [-0.3, -0.25) is 9.69 Å². The van der Waals surface area contributed by atoms with E-state index >= 15 is 0 Å². The van der Waals surface area contributed by atoms with Crippen LogP contribution in [0.4, 0.5) is 0 Å². The molecule has 5 nitrogen and oxygen atoms in total. The van der Waals surface area contributed by atoms with Crippen LogP contribution in [0.3, 0.4) is 0 Å². The smallest absolute Gasteiger partial charge is 0.255 e. The summed E-state index contributed by atoms with van der Waals surface area (Å²) < 4.78 is 5.52. The number of hydrogen-bond acceptors (Lipinski definition) is 5. The summed E-state index contributed by atoms with van der Waals surface area (Å²) in [6, 6.07) is 12.0. The summed E-state index contributed by atoms with van der Waals surface area (Å²) in [4.78, 5) is 23.5. The molecule has 6 heteroatoms. The van der Waals surface area contributed by atoms with E-state index < -0.39 is 0 Å². The molecule has 0 aliphatic carbocycles. The summed E-state index contributed by atoms with van der Waals surface area (Å²) >= 11 is 1.58. The maximum atomic E-state index is 12.6. The maximum absolute atomic E-state index is 12.6. The van der Waals surface area contributed by atoms with Gasteiger partial charge >= 0.3 is 0 Å². The Bertz CT molecular complexity index is 978. The molecule has 0 bridgehead atoms. The van der Waals surface area contributed by atoms with Gasteiger partial charge in [-0.2, -0.15) is 0 Å².